The molecule has 0 aromatic heterocycles. The van der Waals surface area contributed by atoms with Crippen LogP contribution in [0.5, 0.6) is 11.5 Å². The molecule has 0 unspecified atom stereocenters. The summed E-state index contributed by atoms with van der Waals surface area (Å²) in [6, 6.07) is 12.3. The summed E-state index contributed by atoms with van der Waals surface area (Å²) in [6.45, 7) is -1.25. The zero-order valence-corrected chi connectivity index (χ0v) is 19.2. The Morgan fingerprint density at radius 3 is 1.22 bits per heavy atom. The van der Waals surface area contributed by atoms with E-state index in [1.54, 1.807) is 0 Å². The minimum absolute atomic E-state index is 0.00567. The summed E-state index contributed by atoms with van der Waals surface area (Å²) in [5.41, 5.74) is 0.104. The van der Waals surface area contributed by atoms with E-state index in [-0.39, 0.29) is 33.8 Å². The van der Waals surface area contributed by atoms with Crippen molar-refractivity contribution in [2.45, 2.75) is 0 Å². The lowest BCUT2D eigenvalue weighted by atomic mass is 10.1. The fraction of sp³-hybridized carbons (Fsp3) is 0.154. The van der Waals surface area contributed by atoms with Crippen molar-refractivity contribution in [2.24, 2.45) is 0 Å². The van der Waals surface area contributed by atoms with Gasteiger partial charge in [-0.3, -0.25) is 9.59 Å². The van der Waals surface area contributed by atoms with Gasteiger partial charge in [0.1, 0.15) is 0 Å². The van der Waals surface area contributed by atoms with Crippen molar-refractivity contribution < 1.29 is 46.9 Å². The van der Waals surface area contributed by atoms with Crippen molar-refractivity contribution in [1.29, 1.82) is 0 Å². The van der Waals surface area contributed by atoms with Crippen LogP contribution in [0.3, 0.4) is 0 Å². The van der Waals surface area contributed by atoms with E-state index in [1.807, 2.05) is 0 Å². The molecule has 3 aromatic rings. The van der Waals surface area contributed by atoms with Crippen LogP contribution in [0.4, 0.5) is 8.78 Å². The van der Waals surface area contributed by atoms with Crippen LogP contribution in [0.1, 0.15) is 41.4 Å². The summed E-state index contributed by atoms with van der Waals surface area (Å²) < 4.78 is 47.0. The van der Waals surface area contributed by atoms with Gasteiger partial charge in [-0.15, -0.1) is 0 Å². The van der Waals surface area contributed by atoms with Crippen molar-refractivity contribution in [3.05, 3.63) is 94.6 Å². The van der Waals surface area contributed by atoms with Gasteiger partial charge in [-0.05, 0) is 60.7 Å². The Bertz CT molecular complexity index is 1200. The lowest BCUT2D eigenvalue weighted by molar-refractivity contribution is 0.0467. The quantitative estimate of drug-likeness (QED) is 0.304. The van der Waals surface area contributed by atoms with Crippen molar-refractivity contribution in [1.82, 2.24) is 0 Å². The van der Waals surface area contributed by atoms with Crippen molar-refractivity contribution in [3.63, 3.8) is 0 Å². The Morgan fingerprint density at radius 2 is 0.917 bits per heavy atom. The second-order valence-corrected chi connectivity index (χ2v) is 7.27. The van der Waals surface area contributed by atoms with E-state index in [9.17, 15) is 28.0 Å². The van der Waals surface area contributed by atoms with Gasteiger partial charge in [0.15, 0.2) is 47.9 Å². The first kappa shape index (κ1) is 26.0. The first-order chi connectivity index (χ1) is 17.2. The van der Waals surface area contributed by atoms with Crippen LogP contribution in [0.25, 0.3) is 0 Å². The van der Waals surface area contributed by atoms with Gasteiger partial charge in [0.25, 0.3) is 0 Å². The standard InChI is InChI=1S/C26H20F2O8/c1-33-23-9-7-17(11-19(23)27)21(29)13-35-25(31)15-3-5-16(6-4-15)26(32)36-14-22(30)18-8-10-24(34-2)20(28)12-18/h3-12H,13-14H2,1-2H3. The minimum Gasteiger partial charge on any atom is -0.494 e. The van der Waals surface area contributed by atoms with Crippen LogP contribution in [0.15, 0.2) is 60.7 Å². The molecule has 0 saturated heterocycles. The highest BCUT2D eigenvalue weighted by molar-refractivity contribution is 6.01. The van der Waals surface area contributed by atoms with Gasteiger partial charge in [-0.25, -0.2) is 18.4 Å². The lowest BCUT2D eigenvalue weighted by Gasteiger charge is -2.08. The molecular weight excluding hydrogens is 478 g/mol. The third-order valence-electron chi connectivity index (χ3n) is 4.97. The van der Waals surface area contributed by atoms with Gasteiger partial charge < -0.3 is 18.9 Å². The van der Waals surface area contributed by atoms with Crippen molar-refractivity contribution >= 4 is 23.5 Å². The Labute approximate surface area is 204 Å². The summed E-state index contributed by atoms with van der Waals surface area (Å²) >= 11 is 0. The van der Waals surface area contributed by atoms with Crippen LogP contribution in [0.2, 0.25) is 0 Å². The number of carbonyl (C=O) groups is 4. The first-order valence-electron chi connectivity index (χ1n) is 10.4. The van der Waals surface area contributed by atoms with E-state index in [0.717, 1.165) is 12.1 Å². The second kappa shape index (κ2) is 11.7. The van der Waals surface area contributed by atoms with E-state index < -0.39 is 48.4 Å². The molecule has 3 rings (SSSR count). The molecule has 0 aliphatic carbocycles. The average Bonchev–Trinajstić information content (AvgIpc) is 2.89. The molecule has 0 bridgehead atoms. The smallest absolute Gasteiger partial charge is 0.338 e. The molecule has 8 nitrogen and oxygen atoms in total. The Balaban J connectivity index is 1.52. The highest BCUT2D eigenvalue weighted by atomic mass is 19.1. The molecule has 0 fully saturated rings. The highest BCUT2D eigenvalue weighted by Gasteiger charge is 2.17. The Morgan fingerprint density at radius 1 is 0.583 bits per heavy atom. The maximum Gasteiger partial charge on any atom is 0.338 e. The number of methoxy groups -OCH3 is 2. The summed E-state index contributed by atoms with van der Waals surface area (Å²) in [5, 5.41) is 0. The summed E-state index contributed by atoms with van der Waals surface area (Å²) in [7, 11) is 2.58. The molecule has 0 amide bonds. The molecule has 0 aliphatic heterocycles. The Hall–Kier alpha value is -4.60. The SMILES string of the molecule is COc1ccc(C(=O)COC(=O)c2ccc(C(=O)OCC(=O)c3ccc(OC)c(F)c3)cc2)cc1F. The van der Waals surface area contributed by atoms with E-state index in [4.69, 9.17) is 18.9 Å². The third-order valence-corrected chi connectivity index (χ3v) is 4.97. The maximum atomic E-state index is 13.7. The summed E-state index contributed by atoms with van der Waals surface area (Å²) in [6.07, 6.45) is 0. The minimum atomic E-state index is -0.839. The summed E-state index contributed by atoms with van der Waals surface area (Å²) in [4.78, 5) is 48.7. The van der Waals surface area contributed by atoms with Gasteiger partial charge in [0.05, 0.1) is 25.3 Å². The van der Waals surface area contributed by atoms with Gasteiger partial charge in [0.2, 0.25) is 0 Å². The fourth-order valence-corrected chi connectivity index (χ4v) is 3.02. The van der Waals surface area contributed by atoms with Crippen LogP contribution in [0, 0.1) is 11.6 Å². The average molecular weight is 498 g/mol. The summed E-state index contributed by atoms with van der Waals surface area (Å²) in [5.74, 6) is -4.42. The molecule has 0 heterocycles. The largest absolute Gasteiger partial charge is 0.494 e. The lowest BCUT2D eigenvalue weighted by Crippen LogP contribution is -2.16. The molecule has 36 heavy (non-hydrogen) atoms. The topological polar surface area (TPSA) is 105 Å². The number of ketones is 2. The second-order valence-electron chi connectivity index (χ2n) is 7.27. The molecule has 0 atom stereocenters. The number of ether oxygens (including phenoxy) is 4. The number of halogens is 2. The predicted molar refractivity (Wildman–Crippen MR) is 122 cm³/mol. The van der Waals surface area contributed by atoms with Crippen LogP contribution >= 0.6 is 0 Å². The van der Waals surface area contributed by atoms with Gasteiger partial charge in [-0.1, -0.05) is 0 Å². The molecule has 3 aromatic carbocycles. The van der Waals surface area contributed by atoms with E-state index >= 15 is 0 Å². The molecular formula is C26H20F2O8. The predicted octanol–water partition coefficient (Wildman–Crippen LogP) is 4.06. The number of Topliss-reactive ketones (excluding diaryl/α,β-unsaturated/α-hetero) is 2. The fourth-order valence-electron chi connectivity index (χ4n) is 3.02. The highest BCUT2D eigenvalue weighted by Crippen LogP contribution is 2.19. The van der Waals surface area contributed by atoms with E-state index in [1.165, 1.54) is 62.8 Å². The third kappa shape index (κ3) is 6.29. The molecule has 0 aliphatic rings. The molecule has 10 heteroatoms. The zero-order valence-electron chi connectivity index (χ0n) is 19.2. The zero-order chi connectivity index (χ0) is 26.2. The van der Waals surface area contributed by atoms with Gasteiger partial charge >= 0.3 is 11.9 Å². The van der Waals surface area contributed by atoms with Crippen LogP contribution in [-0.2, 0) is 9.47 Å². The number of rotatable bonds is 10. The monoisotopic (exact) mass is 498 g/mol. The molecule has 0 spiro atoms. The van der Waals surface area contributed by atoms with Gasteiger partial charge in [-0.2, -0.15) is 0 Å². The molecule has 0 saturated carbocycles. The maximum absolute atomic E-state index is 13.7. The number of benzene rings is 3. The Kier molecular flexibility index (Phi) is 8.45. The molecule has 0 radical (unpaired) electrons. The number of hydrogen-bond donors (Lipinski definition) is 0. The number of esters is 2. The van der Waals surface area contributed by atoms with Gasteiger partial charge in [0, 0.05) is 11.1 Å². The van der Waals surface area contributed by atoms with Crippen molar-refractivity contribution in [3.8, 4) is 11.5 Å². The number of carbonyl (C=O) groups excluding carboxylic acids is 4. The normalized spacial score (nSPS) is 10.3. The van der Waals surface area contributed by atoms with E-state index in [2.05, 4.69) is 0 Å². The first-order valence-corrected chi connectivity index (χ1v) is 10.4. The molecule has 0 N–H and O–H groups in total. The van der Waals surface area contributed by atoms with Crippen LogP contribution < -0.4 is 9.47 Å². The number of hydrogen-bond acceptors (Lipinski definition) is 8. The van der Waals surface area contributed by atoms with E-state index in [0.29, 0.717) is 0 Å². The van der Waals surface area contributed by atoms with Crippen molar-refractivity contribution in [2.75, 3.05) is 27.4 Å². The van der Waals surface area contributed by atoms with Crippen LogP contribution in [-0.4, -0.2) is 50.9 Å². The molecule has 186 valence electrons.